The maximum absolute atomic E-state index is 12.3. The molecule has 1 fully saturated rings. The maximum Gasteiger partial charge on any atom is 0.262 e. The number of rotatable bonds is 8. The van der Waals surface area contributed by atoms with Crippen molar-refractivity contribution in [3.05, 3.63) is 60.3 Å². The van der Waals surface area contributed by atoms with Crippen LogP contribution in [-0.2, 0) is 4.79 Å². The van der Waals surface area contributed by atoms with Crippen molar-refractivity contribution in [2.75, 3.05) is 42.3 Å². The van der Waals surface area contributed by atoms with Crippen molar-refractivity contribution in [3.8, 4) is 11.5 Å². The van der Waals surface area contributed by atoms with E-state index in [1.807, 2.05) is 49.4 Å². The van der Waals surface area contributed by atoms with Gasteiger partial charge in [0.25, 0.3) is 5.91 Å². The number of nitrogens with one attached hydrogen (secondary N) is 2. The fourth-order valence-electron chi connectivity index (χ4n) is 3.72. The van der Waals surface area contributed by atoms with E-state index in [4.69, 9.17) is 14.5 Å². The van der Waals surface area contributed by atoms with E-state index in [-0.39, 0.29) is 12.5 Å². The van der Waals surface area contributed by atoms with Gasteiger partial charge in [0.05, 0.1) is 7.11 Å². The quantitative estimate of drug-likeness (QED) is 0.524. The molecule has 1 amide bonds. The largest absolute Gasteiger partial charge is 0.493 e. The van der Waals surface area contributed by atoms with Gasteiger partial charge in [-0.25, -0.2) is 4.98 Å². The Hall–Kier alpha value is -3.81. The van der Waals surface area contributed by atoms with Gasteiger partial charge in [0.15, 0.2) is 18.1 Å². The van der Waals surface area contributed by atoms with E-state index in [0.717, 1.165) is 36.2 Å². The fourth-order valence-corrected chi connectivity index (χ4v) is 3.72. The van der Waals surface area contributed by atoms with Crippen molar-refractivity contribution in [1.82, 2.24) is 9.97 Å². The van der Waals surface area contributed by atoms with E-state index >= 15 is 0 Å². The Bertz CT molecular complexity index is 1080. The number of hydrogen-bond acceptors (Lipinski definition) is 7. The Balaban J connectivity index is 1.33. The fraction of sp³-hybridized carbons (Fsp3) is 0.320. The summed E-state index contributed by atoms with van der Waals surface area (Å²) in [6, 6.07) is 16.6. The van der Waals surface area contributed by atoms with Crippen LogP contribution in [-0.4, -0.2) is 42.7 Å². The number of aryl methyl sites for hydroxylation is 1. The van der Waals surface area contributed by atoms with E-state index in [2.05, 4.69) is 20.5 Å². The van der Waals surface area contributed by atoms with E-state index in [1.54, 1.807) is 19.2 Å². The Labute approximate surface area is 194 Å². The Morgan fingerprint density at radius 3 is 2.39 bits per heavy atom. The summed E-state index contributed by atoms with van der Waals surface area (Å²) in [6.07, 6.45) is 3.62. The number of nitrogens with zero attached hydrogens (tertiary/aromatic N) is 3. The van der Waals surface area contributed by atoms with Gasteiger partial charge in [-0.2, -0.15) is 4.98 Å². The Kier molecular flexibility index (Phi) is 7.24. The molecule has 8 heteroatoms. The predicted octanol–water partition coefficient (Wildman–Crippen LogP) is 4.55. The molecular formula is C25H29N5O3. The molecule has 0 bridgehead atoms. The van der Waals surface area contributed by atoms with Crippen LogP contribution in [0.15, 0.2) is 54.6 Å². The molecule has 0 unspecified atom stereocenters. The molecule has 0 aliphatic carbocycles. The van der Waals surface area contributed by atoms with Crippen LogP contribution in [0.1, 0.15) is 25.0 Å². The van der Waals surface area contributed by atoms with Crippen LogP contribution in [0.25, 0.3) is 0 Å². The van der Waals surface area contributed by atoms with Gasteiger partial charge < -0.3 is 25.0 Å². The van der Waals surface area contributed by atoms with Crippen molar-refractivity contribution >= 4 is 29.0 Å². The summed E-state index contributed by atoms with van der Waals surface area (Å²) < 4.78 is 10.8. The highest BCUT2D eigenvalue weighted by atomic mass is 16.5. The third kappa shape index (κ3) is 6.12. The minimum absolute atomic E-state index is 0.111. The number of aromatic nitrogens is 2. The molecule has 1 aliphatic heterocycles. The number of carbonyl (C=O) groups is 1. The number of piperidine rings is 1. The van der Waals surface area contributed by atoms with Gasteiger partial charge in [0.2, 0.25) is 5.95 Å². The zero-order valence-electron chi connectivity index (χ0n) is 19.0. The second-order valence-electron chi connectivity index (χ2n) is 7.93. The molecule has 2 heterocycles. The van der Waals surface area contributed by atoms with Crippen LogP contribution in [0, 0.1) is 6.92 Å². The summed E-state index contributed by atoms with van der Waals surface area (Å²) in [7, 11) is 1.56. The predicted molar refractivity (Wildman–Crippen MR) is 130 cm³/mol. The highest BCUT2D eigenvalue weighted by Crippen LogP contribution is 2.26. The zero-order chi connectivity index (χ0) is 23.0. The van der Waals surface area contributed by atoms with Gasteiger partial charge in [-0.05, 0) is 62.6 Å². The summed E-state index contributed by atoms with van der Waals surface area (Å²) in [5.41, 5.74) is 2.48. The molecule has 172 valence electrons. The average Bonchev–Trinajstić information content (AvgIpc) is 2.84. The first-order valence-electron chi connectivity index (χ1n) is 11.1. The van der Waals surface area contributed by atoms with Gasteiger partial charge >= 0.3 is 0 Å². The van der Waals surface area contributed by atoms with E-state index in [0.29, 0.717) is 17.2 Å². The maximum atomic E-state index is 12.3. The molecule has 1 aromatic heterocycles. The minimum Gasteiger partial charge on any atom is -0.493 e. The number of para-hydroxylation sites is 2. The van der Waals surface area contributed by atoms with Crippen LogP contribution < -0.4 is 25.0 Å². The third-order valence-corrected chi connectivity index (χ3v) is 5.35. The number of ether oxygens (including phenoxy) is 2. The normalized spacial score (nSPS) is 13.3. The van der Waals surface area contributed by atoms with E-state index in [9.17, 15) is 4.79 Å². The number of benzene rings is 2. The van der Waals surface area contributed by atoms with Crippen molar-refractivity contribution in [2.45, 2.75) is 26.2 Å². The van der Waals surface area contributed by atoms with E-state index < -0.39 is 0 Å². The zero-order valence-corrected chi connectivity index (χ0v) is 19.0. The van der Waals surface area contributed by atoms with Crippen LogP contribution in [0.3, 0.4) is 0 Å². The number of carbonyl (C=O) groups excluding carboxylic acids is 1. The highest BCUT2D eigenvalue weighted by Gasteiger charge is 2.15. The van der Waals surface area contributed by atoms with Gasteiger partial charge in [-0.3, -0.25) is 4.79 Å². The first kappa shape index (κ1) is 22.4. The molecule has 0 saturated carbocycles. The SMILES string of the molecule is COc1ccccc1OCC(=O)Nc1ccc(Nc2cc(C)nc(N3CCCCC3)n2)cc1. The Morgan fingerprint density at radius 2 is 1.67 bits per heavy atom. The van der Waals surface area contributed by atoms with Crippen LogP contribution >= 0.6 is 0 Å². The summed E-state index contributed by atoms with van der Waals surface area (Å²) in [6.45, 7) is 3.86. The van der Waals surface area contributed by atoms with Crippen molar-refractivity contribution in [2.24, 2.45) is 0 Å². The molecule has 4 rings (SSSR count). The lowest BCUT2D eigenvalue weighted by Gasteiger charge is -2.27. The Morgan fingerprint density at radius 1 is 0.970 bits per heavy atom. The van der Waals surface area contributed by atoms with Crippen molar-refractivity contribution < 1.29 is 14.3 Å². The van der Waals surface area contributed by atoms with Crippen LogP contribution in [0.2, 0.25) is 0 Å². The lowest BCUT2D eigenvalue weighted by atomic mass is 10.1. The molecule has 0 radical (unpaired) electrons. The molecule has 0 atom stereocenters. The standard InChI is InChI=1S/C25H29N5O3/c1-18-16-23(29-25(26-18)30-14-6-3-7-15-30)27-19-10-12-20(13-11-19)28-24(31)17-33-22-9-5-4-8-21(22)32-2/h4-5,8-13,16H,3,6-7,14-15,17H2,1-2H3,(H,28,31)(H,26,27,29). The number of hydrogen-bond donors (Lipinski definition) is 2. The van der Waals surface area contributed by atoms with E-state index in [1.165, 1.54) is 19.3 Å². The number of amides is 1. The smallest absolute Gasteiger partial charge is 0.262 e. The number of methoxy groups -OCH3 is 1. The van der Waals surface area contributed by atoms with Crippen molar-refractivity contribution in [3.63, 3.8) is 0 Å². The highest BCUT2D eigenvalue weighted by molar-refractivity contribution is 5.92. The molecule has 0 spiro atoms. The molecular weight excluding hydrogens is 418 g/mol. The third-order valence-electron chi connectivity index (χ3n) is 5.35. The molecule has 2 N–H and O–H groups in total. The van der Waals surface area contributed by atoms with Gasteiger partial charge in [-0.15, -0.1) is 0 Å². The van der Waals surface area contributed by atoms with Crippen LogP contribution in [0.4, 0.5) is 23.1 Å². The average molecular weight is 448 g/mol. The second-order valence-corrected chi connectivity index (χ2v) is 7.93. The monoisotopic (exact) mass is 447 g/mol. The molecule has 2 aromatic carbocycles. The topological polar surface area (TPSA) is 88.6 Å². The summed E-state index contributed by atoms with van der Waals surface area (Å²) in [5.74, 6) is 2.39. The summed E-state index contributed by atoms with van der Waals surface area (Å²) >= 11 is 0. The van der Waals surface area contributed by atoms with Gasteiger partial charge in [0, 0.05) is 36.2 Å². The molecule has 8 nitrogen and oxygen atoms in total. The second kappa shape index (κ2) is 10.7. The van der Waals surface area contributed by atoms with Gasteiger partial charge in [-0.1, -0.05) is 12.1 Å². The molecule has 1 aliphatic rings. The first-order chi connectivity index (χ1) is 16.1. The van der Waals surface area contributed by atoms with Gasteiger partial charge in [0.1, 0.15) is 5.82 Å². The summed E-state index contributed by atoms with van der Waals surface area (Å²) in [5, 5.41) is 6.17. The molecule has 33 heavy (non-hydrogen) atoms. The van der Waals surface area contributed by atoms with Crippen LogP contribution in [0.5, 0.6) is 11.5 Å². The molecule has 3 aromatic rings. The molecule has 1 saturated heterocycles. The number of anilines is 4. The van der Waals surface area contributed by atoms with Crippen molar-refractivity contribution in [1.29, 1.82) is 0 Å². The minimum atomic E-state index is -0.251. The summed E-state index contributed by atoms with van der Waals surface area (Å²) in [4.78, 5) is 23.8. The lowest BCUT2D eigenvalue weighted by Crippen LogP contribution is -2.31. The lowest BCUT2D eigenvalue weighted by molar-refractivity contribution is -0.118. The first-order valence-corrected chi connectivity index (χ1v) is 11.1.